The largest absolute Gasteiger partial charge is 0.456 e. The molecule has 0 unspecified atom stereocenters. The van der Waals surface area contributed by atoms with Crippen LogP contribution in [-0.2, 0) is 0 Å². The predicted molar refractivity (Wildman–Crippen MR) is 78.8 cm³/mol. The molecule has 0 spiro atoms. The molecule has 18 heavy (non-hydrogen) atoms. The maximum Gasteiger partial charge on any atom is 0.160 e. The fourth-order valence-corrected chi connectivity index (χ4v) is 3.20. The van der Waals surface area contributed by atoms with Crippen molar-refractivity contribution in [3.63, 3.8) is 0 Å². The third kappa shape index (κ3) is 2.36. The Hall–Kier alpha value is -1.10. The van der Waals surface area contributed by atoms with Gasteiger partial charge in [-0.3, -0.25) is 0 Å². The maximum atomic E-state index is 6.05. The summed E-state index contributed by atoms with van der Waals surface area (Å²) in [4.78, 5) is 4.33. The van der Waals surface area contributed by atoms with Crippen molar-refractivity contribution >= 4 is 49.1 Å². The van der Waals surface area contributed by atoms with Gasteiger partial charge < -0.3 is 4.74 Å². The van der Waals surface area contributed by atoms with Gasteiger partial charge in [-0.2, -0.15) is 0 Å². The molecule has 0 aliphatic heterocycles. The smallest absolute Gasteiger partial charge is 0.160 e. The molecule has 0 saturated carbocycles. The van der Waals surface area contributed by atoms with Crippen LogP contribution in [0.5, 0.6) is 11.5 Å². The lowest BCUT2D eigenvalue weighted by Gasteiger charge is -2.06. The lowest BCUT2D eigenvalue weighted by Crippen LogP contribution is -1.84. The van der Waals surface area contributed by atoms with E-state index in [9.17, 15) is 0 Å². The number of fused-ring (bicyclic) bond motifs is 1. The second-order valence-electron chi connectivity index (χ2n) is 3.63. The third-order valence-corrected chi connectivity index (χ3v) is 4.18. The predicted octanol–water partition coefficient (Wildman–Crippen LogP) is 5.50. The molecule has 2 aromatic carbocycles. The van der Waals surface area contributed by atoms with Gasteiger partial charge in [0, 0.05) is 6.07 Å². The van der Waals surface area contributed by atoms with Gasteiger partial charge in [0.2, 0.25) is 0 Å². The second-order valence-corrected chi connectivity index (χ2v) is 6.34. The number of benzene rings is 2. The summed E-state index contributed by atoms with van der Waals surface area (Å²) >= 11 is 11.0. The summed E-state index contributed by atoms with van der Waals surface area (Å²) in [6, 6.07) is 13.2. The van der Waals surface area contributed by atoms with E-state index < -0.39 is 0 Å². The minimum Gasteiger partial charge on any atom is -0.456 e. The average molecular weight is 341 g/mol. The highest BCUT2D eigenvalue weighted by Crippen LogP contribution is 2.33. The summed E-state index contributed by atoms with van der Waals surface area (Å²) in [5.41, 5.74) is 0.957. The first-order chi connectivity index (χ1) is 8.72. The first-order valence-electron chi connectivity index (χ1n) is 5.21. The number of halogens is 2. The van der Waals surface area contributed by atoms with Gasteiger partial charge in [-0.25, -0.2) is 4.98 Å². The summed E-state index contributed by atoms with van der Waals surface area (Å²) in [6.07, 6.45) is 0. The fourth-order valence-electron chi connectivity index (χ4n) is 1.59. The molecule has 2 nitrogen and oxygen atoms in total. The SMILES string of the molecule is Clc1ccccc1Oc1ccc2nc(Br)sc2c1. The lowest BCUT2D eigenvalue weighted by atomic mass is 10.3. The Morgan fingerprint density at radius 2 is 2.00 bits per heavy atom. The van der Waals surface area contributed by atoms with E-state index in [4.69, 9.17) is 16.3 Å². The minimum absolute atomic E-state index is 0.600. The minimum atomic E-state index is 0.600. The molecule has 0 N–H and O–H groups in total. The average Bonchev–Trinajstić information content (AvgIpc) is 2.71. The molecular weight excluding hydrogens is 334 g/mol. The van der Waals surface area contributed by atoms with Gasteiger partial charge in [0.15, 0.2) is 3.92 Å². The Labute approximate surface area is 121 Å². The van der Waals surface area contributed by atoms with Gasteiger partial charge in [0.05, 0.1) is 15.2 Å². The van der Waals surface area contributed by atoms with Crippen LogP contribution in [0.25, 0.3) is 10.2 Å². The molecule has 0 radical (unpaired) electrons. The second kappa shape index (κ2) is 4.88. The number of para-hydroxylation sites is 1. The number of hydrogen-bond donors (Lipinski definition) is 0. The van der Waals surface area contributed by atoms with Gasteiger partial charge in [0.25, 0.3) is 0 Å². The summed E-state index contributed by atoms with van der Waals surface area (Å²) < 4.78 is 7.70. The van der Waals surface area contributed by atoms with E-state index >= 15 is 0 Å². The molecule has 0 bridgehead atoms. The summed E-state index contributed by atoms with van der Waals surface area (Å²) in [5, 5.41) is 0.600. The van der Waals surface area contributed by atoms with E-state index in [0.717, 1.165) is 19.9 Å². The third-order valence-electron chi connectivity index (χ3n) is 2.40. The molecule has 5 heteroatoms. The zero-order chi connectivity index (χ0) is 12.5. The molecule has 0 fully saturated rings. The number of rotatable bonds is 2. The first-order valence-corrected chi connectivity index (χ1v) is 7.19. The Balaban J connectivity index is 1.97. The Bertz CT molecular complexity index is 713. The molecule has 0 amide bonds. The Morgan fingerprint density at radius 3 is 2.83 bits per heavy atom. The standard InChI is InChI=1S/C13H7BrClNOS/c14-13-16-10-6-5-8(7-12(10)18-13)17-11-4-2-1-3-9(11)15/h1-7H. The maximum absolute atomic E-state index is 6.05. The molecule has 0 saturated heterocycles. The van der Waals surface area contributed by atoms with Crippen LogP contribution in [0, 0.1) is 0 Å². The zero-order valence-electron chi connectivity index (χ0n) is 9.06. The van der Waals surface area contributed by atoms with Crippen molar-refractivity contribution < 1.29 is 4.74 Å². The number of ether oxygens (including phenoxy) is 1. The van der Waals surface area contributed by atoms with Crippen molar-refractivity contribution in [2.45, 2.75) is 0 Å². The van der Waals surface area contributed by atoms with Gasteiger partial charge in [-0.05, 0) is 40.2 Å². The monoisotopic (exact) mass is 339 g/mol. The quantitative estimate of drug-likeness (QED) is 0.614. The lowest BCUT2D eigenvalue weighted by molar-refractivity contribution is 0.484. The van der Waals surface area contributed by atoms with Crippen molar-refractivity contribution in [2.24, 2.45) is 0 Å². The van der Waals surface area contributed by atoms with E-state index in [1.165, 1.54) is 0 Å². The van der Waals surface area contributed by atoms with Gasteiger partial charge in [0.1, 0.15) is 11.5 Å². The normalized spacial score (nSPS) is 10.8. The molecule has 90 valence electrons. The van der Waals surface area contributed by atoms with Crippen molar-refractivity contribution in [1.82, 2.24) is 4.98 Å². The van der Waals surface area contributed by atoms with Crippen molar-refractivity contribution in [3.05, 3.63) is 51.4 Å². The van der Waals surface area contributed by atoms with Crippen molar-refractivity contribution in [3.8, 4) is 11.5 Å². The van der Waals surface area contributed by atoms with Crippen molar-refractivity contribution in [1.29, 1.82) is 0 Å². The van der Waals surface area contributed by atoms with Crippen molar-refractivity contribution in [2.75, 3.05) is 0 Å². The van der Waals surface area contributed by atoms with Crippen LogP contribution in [0.3, 0.4) is 0 Å². The van der Waals surface area contributed by atoms with Crippen LogP contribution in [-0.4, -0.2) is 4.98 Å². The molecule has 3 rings (SSSR count). The van der Waals surface area contributed by atoms with E-state index in [-0.39, 0.29) is 0 Å². The molecule has 0 atom stereocenters. The van der Waals surface area contributed by atoms with E-state index in [0.29, 0.717) is 10.8 Å². The van der Waals surface area contributed by atoms with Crippen LogP contribution in [0.15, 0.2) is 46.4 Å². The molecule has 1 heterocycles. The molecule has 3 aromatic rings. The van der Waals surface area contributed by atoms with Crippen LogP contribution >= 0.6 is 38.9 Å². The van der Waals surface area contributed by atoms with Gasteiger partial charge in [-0.1, -0.05) is 23.7 Å². The highest BCUT2D eigenvalue weighted by atomic mass is 79.9. The fraction of sp³-hybridized carbons (Fsp3) is 0. The van der Waals surface area contributed by atoms with Gasteiger partial charge >= 0.3 is 0 Å². The van der Waals surface area contributed by atoms with Crippen LogP contribution in [0.4, 0.5) is 0 Å². The zero-order valence-corrected chi connectivity index (χ0v) is 12.2. The molecule has 1 aromatic heterocycles. The highest BCUT2D eigenvalue weighted by molar-refractivity contribution is 9.11. The van der Waals surface area contributed by atoms with E-state index in [1.807, 2.05) is 36.4 Å². The number of aromatic nitrogens is 1. The molecular formula is C13H7BrClNOS. The van der Waals surface area contributed by atoms with Crippen LogP contribution in [0.1, 0.15) is 0 Å². The topological polar surface area (TPSA) is 22.1 Å². The number of thiazole rings is 1. The van der Waals surface area contributed by atoms with Gasteiger partial charge in [-0.15, -0.1) is 11.3 Å². The number of hydrogen-bond acceptors (Lipinski definition) is 3. The first kappa shape index (κ1) is 12.0. The van der Waals surface area contributed by atoms with Crippen LogP contribution in [0.2, 0.25) is 5.02 Å². The molecule has 0 aliphatic rings. The number of nitrogens with zero attached hydrogens (tertiary/aromatic N) is 1. The Morgan fingerprint density at radius 1 is 1.17 bits per heavy atom. The summed E-state index contributed by atoms with van der Waals surface area (Å²) in [5.74, 6) is 1.41. The summed E-state index contributed by atoms with van der Waals surface area (Å²) in [6.45, 7) is 0. The van der Waals surface area contributed by atoms with Crippen LogP contribution < -0.4 is 4.74 Å². The highest BCUT2D eigenvalue weighted by Gasteiger charge is 2.05. The Kier molecular flexibility index (Phi) is 3.24. The van der Waals surface area contributed by atoms with E-state index in [1.54, 1.807) is 17.4 Å². The molecule has 0 aliphatic carbocycles. The summed E-state index contributed by atoms with van der Waals surface area (Å²) in [7, 11) is 0. The van der Waals surface area contributed by atoms with E-state index in [2.05, 4.69) is 20.9 Å².